The Bertz CT molecular complexity index is 1160. The minimum Gasteiger partial charge on any atom is -0.332 e. The van der Waals surface area contributed by atoms with E-state index in [2.05, 4.69) is 15.2 Å². The summed E-state index contributed by atoms with van der Waals surface area (Å²) in [7, 11) is -1.72. The molecule has 9 heteroatoms. The number of fused-ring (bicyclic) bond motifs is 1. The molecule has 8 nitrogen and oxygen atoms in total. The third kappa shape index (κ3) is 3.18. The first-order valence-electron chi connectivity index (χ1n) is 9.95. The van der Waals surface area contributed by atoms with Crippen LogP contribution in [0.5, 0.6) is 0 Å². The minimum atomic E-state index is -3.59. The van der Waals surface area contributed by atoms with Gasteiger partial charge in [0, 0.05) is 43.7 Å². The average molecular weight is 414 g/mol. The molecule has 0 bridgehead atoms. The predicted molar refractivity (Wildman–Crippen MR) is 106 cm³/mol. The van der Waals surface area contributed by atoms with E-state index < -0.39 is 10.0 Å². The van der Waals surface area contributed by atoms with Gasteiger partial charge < -0.3 is 4.52 Å². The van der Waals surface area contributed by atoms with Gasteiger partial charge in [-0.2, -0.15) is 14.4 Å². The van der Waals surface area contributed by atoms with Crippen molar-refractivity contribution in [3.05, 3.63) is 46.9 Å². The van der Waals surface area contributed by atoms with E-state index in [0.717, 1.165) is 41.9 Å². The largest absolute Gasteiger partial charge is 0.332 e. The quantitative estimate of drug-likeness (QED) is 0.638. The first kappa shape index (κ1) is 18.5. The number of hydrogen-bond donors (Lipinski definition) is 0. The minimum absolute atomic E-state index is 0.248. The van der Waals surface area contributed by atoms with Gasteiger partial charge in [0.25, 0.3) is 5.89 Å². The third-order valence-electron chi connectivity index (χ3n) is 5.76. The lowest BCUT2D eigenvalue weighted by Crippen LogP contribution is -2.36. The average Bonchev–Trinajstić information content (AvgIpc) is 3.38. The van der Waals surface area contributed by atoms with Crippen molar-refractivity contribution in [3.8, 4) is 11.6 Å². The molecule has 3 aromatic rings. The van der Waals surface area contributed by atoms with E-state index in [0.29, 0.717) is 35.4 Å². The number of benzene rings is 1. The Hall–Kier alpha value is -2.52. The van der Waals surface area contributed by atoms with Gasteiger partial charge in [-0.15, -0.1) is 0 Å². The number of nitrogens with zero attached hydrogens (tertiary/aromatic N) is 5. The van der Waals surface area contributed by atoms with Crippen LogP contribution >= 0.6 is 0 Å². The molecular formula is C20H23N5O3S. The van der Waals surface area contributed by atoms with Gasteiger partial charge in [-0.05, 0) is 37.0 Å². The van der Waals surface area contributed by atoms with Crippen molar-refractivity contribution in [2.24, 2.45) is 7.05 Å². The van der Waals surface area contributed by atoms with Crippen molar-refractivity contribution in [1.82, 2.24) is 24.2 Å². The fourth-order valence-electron chi connectivity index (χ4n) is 3.83. The second-order valence-electron chi connectivity index (χ2n) is 7.72. The van der Waals surface area contributed by atoms with Gasteiger partial charge in [0.1, 0.15) is 0 Å². The molecule has 5 rings (SSSR count). The zero-order chi connectivity index (χ0) is 20.2. The van der Waals surface area contributed by atoms with Crippen LogP contribution in [-0.2, 0) is 36.5 Å². The SMILES string of the molecule is CCc1ccc(S(=O)(=O)N2CCc3c(c(-c4nc(C5CC5)no4)nn3C)C2)cc1. The normalized spacial score (nSPS) is 17.4. The Morgan fingerprint density at radius 2 is 1.97 bits per heavy atom. The van der Waals surface area contributed by atoms with Crippen molar-refractivity contribution in [3.63, 3.8) is 0 Å². The number of aryl methyl sites for hydroxylation is 2. The molecule has 1 aliphatic heterocycles. The fourth-order valence-corrected chi connectivity index (χ4v) is 5.24. The molecule has 1 aromatic carbocycles. The highest BCUT2D eigenvalue weighted by molar-refractivity contribution is 7.89. The lowest BCUT2D eigenvalue weighted by molar-refractivity contribution is 0.385. The highest BCUT2D eigenvalue weighted by Crippen LogP contribution is 2.39. The molecule has 2 aromatic heterocycles. The van der Waals surface area contributed by atoms with Gasteiger partial charge in [0.05, 0.1) is 4.90 Å². The van der Waals surface area contributed by atoms with Gasteiger partial charge in [0.2, 0.25) is 10.0 Å². The van der Waals surface area contributed by atoms with E-state index in [1.165, 1.54) is 4.31 Å². The number of rotatable bonds is 5. The highest BCUT2D eigenvalue weighted by atomic mass is 32.2. The Labute approximate surface area is 169 Å². The second-order valence-corrected chi connectivity index (χ2v) is 9.65. The molecule has 0 spiro atoms. The molecule has 0 radical (unpaired) electrons. The molecule has 0 amide bonds. The number of aromatic nitrogens is 4. The predicted octanol–water partition coefficient (Wildman–Crippen LogP) is 2.66. The van der Waals surface area contributed by atoms with Gasteiger partial charge in [-0.1, -0.05) is 24.2 Å². The van der Waals surface area contributed by atoms with Gasteiger partial charge >= 0.3 is 0 Å². The smallest absolute Gasteiger partial charge is 0.278 e. The summed E-state index contributed by atoms with van der Waals surface area (Å²) >= 11 is 0. The summed E-state index contributed by atoms with van der Waals surface area (Å²) < 4.78 is 35.2. The van der Waals surface area contributed by atoms with Crippen LogP contribution in [0.15, 0.2) is 33.7 Å². The molecule has 0 saturated heterocycles. The van der Waals surface area contributed by atoms with Gasteiger partial charge in [-0.25, -0.2) is 8.42 Å². The summed E-state index contributed by atoms with van der Waals surface area (Å²) in [6.07, 6.45) is 3.64. The molecule has 29 heavy (non-hydrogen) atoms. The maximum absolute atomic E-state index is 13.2. The Kier molecular flexibility index (Phi) is 4.32. The van der Waals surface area contributed by atoms with Gasteiger partial charge in [-0.3, -0.25) is 4.68 Å². The summed E-state index contributed by atoms with van der Waals surface area (Å²) in [5.41, 5.74) is 3.56. The van der Waals surface area contributed by atoms with Crippen molar-refractivity contribution in [2.45, 2.75) is 50.0 Å². The Balaban J connectivity index is 1.47. The summed E-state index contributed by atoms with van der Waals surface area (Å²) in [6.45, 7) is 2.71. The summed E-state index contributed by atoms with van der Waals surface area (Å²) in [4.78, 5) is 4.82. The van der Waals surface area contributed by atoms with E-state index in [4.69, 9.17) is 4.52 Å². The molecule has 0 N–H and O–H groups in total. The molecular weight excluding hydrogens is 390 g/mol. The summed E-state index contributed by atoms with van der Waals surface area (Å²) in [6, 6.07) is 7.12. The van der Waals surface area contributed by atoms with Crippen LogP contribution in [0.25, 0.3) is 11.6 Å². The molecule has 1 fully saturated rings. The van der Waals surface area contributed by atoms with Crippen LogP contribution in [0.4, 0.5) is 0 Å². The van der Waals surface area contributed by atoms with Crippen LogP contribution in [0.3, 0.4) is 0 Å². The van der Waals surface area contributed by atoms with Crippen molar-refractivity contribution in [1.29, 1.82) is 0 Å². The monoisotopic (exact) mass is 413 g/mol. The molecule has 0 unspecified atom stereocenters. The van der Waals surface area contributed by atoms with Crippen LogP contribution < -0.4 is 0 Å². The number of hydrogen-bond acceptors (Lipinski definition) is 6. The second kappa shape index (κ2) is 6.77. The van der Waals surface area contributed by atoms with Crippen molar-refractivity contribution >= 4 is 10.0 Å². The van der Waals surface area contributed by atoms with Crippen LogP contribution in [-0.4, -0.2) is 39.2 Å². The topological polar surface area (TPSA) is 94.1 Å². The van der Waals surface area contributed by atoms with Crippen LogP contribution in [0.1, 0.15) is 48.3 Å². The molecule has 1 aliphatic carbocycles. The van der Waals surface area contributed by atoms with E-state index in [1.807, 2.05) is 26.1 Å². The molecule has 3 heterocycles. The van der Waals surface area contributed by atoms with E-state index in [1.54, 1.807) is 16.8 Å². The first-order valence-corrected chi connectivity index (χ1v) is 11.4. The standard InChI is InChI=1S/C20H23N5O3S/c1-3-13-4-8-15(9-5-13)29(26,27)25-11-10-17-16(12-25)18(22-24(17)2)20-21-19(23-28-20)14-6-7-14/h4-5,8-9,14H,3,6-7,10-12H2,1-2H3. The Morgan fingerprint density at radius 1 is 1.21 bits per heavy atom. The van der Waals surface area contributed by atoms with E-state index >= 15 is 0 Å². The van der Waals surface area contributed by atoms with Crippen molar-refractivity contribution < 1.29 is 12.9 Å². The maximum Gasteiger partial charge on any atom is 0.278 e. The molecule has 0 atom stereocenters. The lowest BCUT2D eigenvalue weighted by atomic mass is 10.1. The van der Waals surface area contributed by atoms with Gasteiger partial charge in [0.15, 0.2) is 11.5 Å². The van der Waals surface area contributed by atoms with E-state index in [9.17, 15) is 8.42 Å². The Morgan fingerprint density at radius 3 is 2.66 bits per heavy atom. The zero-order valence-electron chi connectivity index (χ0n) is 16.5. The van der Waals surface area contributed by atoms with Crippen LogP contribution in [0, 0.1) is 0 Å². The van der Waals surface area contributed by atoms with Crippen LogP contribution in [0.2, 0.25) is 0 Å². The molecule has 2 aliphatic rings. The lowest BCUT2D eigenvalue weighted by Gasteiger charge is -2.26. The molecule has 152 valence electrons. The van der Waals surface area contributed by atoms with Crippen molar-refractivity contribution in [2.75, 3.05) is 6.54 Å². The summed E-state index contributed by atoms with van der Waals surface area (Å²) in [5, 5.41) is 8.64. The first-order chi connectivity index (χ1) is 14.0. The fraction of sp³-hybridized carbons (Fsp3) is 0.450. The third-order valence-corrected chi connectivity index (χ3v) is 7.62. The highest BCUT2D eigenvalue weighted by Gasteiger charge is 2.35. The molecule has 1 saturated carbocycles. The van der Waals surface area contributed by atoms with E-state index in [-0.39, 0.29) is 6.54 Å². The maximum atomic E-state index is 13.2. The zero-order valence-corrected chi connectivity index (χ0v) is 17.3. The number of sulfonamides is 1. The summed E-state index contributed by atoms with van der Waals surface area (Å²) in [5.74, 6) is 1.47.